The quantitative estimate of drug-likeness (QED) is 0.461. The fourth-order valence-corrected chi connectivity index (χ4v) is 5.53. The van der Waals surface area contributed by atoms with Crippen molar-refractivity contribution >= 4 is 23.5 Å². The van der Waals surface area contributed by atoms with Crippen molar-refractivity contribution in [3.63, 3.8) is 0 Å². The van der Waals surface area contributed by atoms with Gasteiger partial charge in [-0.05, 0) is 25.7 Å². The van der Waals surface area contributed by atoms with Crippen molar-refractivity contribution in [3.05, 3.63) is 12.2 Å². The smallest absolute Gasteiger partial charge is 0.337 e. The van der Waals surface area contributed by atoms with E-state index in [0.717, 1.165) is 19.3 Å². The Morgan fingerprint density at radius 2 is 2.32 bits per heavy atom. The largest absolute Gasteiger partial charge is 0.450 e. The Morgan fingerprint density at radius 3 is 2.91 bits per heavy atom. The second-order valence-corrected chi connectivity index (χ2v) is 7.44. The molecule has 22 heavy (non-hydrogen) atoms. The van der Waals surface area contributed by atoms with E-state index in [4.69, 9.17) is 16.3 Å². The number of rotatable bonds is 4. The predicted octanol–water partition coefficient (Wildman–Crippen LogP) is 1.13. The Balaban J connectivity index is 1.71. The maximum atomic E-state index is 12.2. The van der Waals surface area contributed by atoms with Gasteiger partial charge in [-0.2, -0.15) is 0 Å². The highest BCUT2D eigenvalue weighted by atomic mass is 35.5. The van der Waals surface area contributed by atoms with Crippen molar-refractivity contribution in [3.8, 4) is 0 Å². The molecule has 120 valence electrons. The summed E-state index contributed by atoms with van der Waals surface area (Å²) < 4.78 is 5.52. The summed E-state index contributed by atoms with van der Waals surface area (Å²) in [6.07, 6.45) is 6.68. The zero-order chi connectivity index (χ0) is 15.8. The number of carbonyl (C=O) groups excluding carboxylic acids is 2. The number of fused-ring (bicyclic) bond motifs is 1. The minimum Gasteiger partial charge on any atom is -0.450 e. The number of hydrogen-bond acceptors (Lipinski definition) is 4. The molecular formula is C16H20ClNO4. The number of halogens is 1. The monoisotopic (exact) mass is 325 g/mol. The molecule has 6 atom stereocenters. The van der Waals surface area contributed by atoms with Gasteiger partial charge in [0.2, 0.25) is 5.91 Å². The number of allylic oxidation sites excluding steroid dienone is 1. The van der Waals surface area contributed by atoms with E-state index in [-0.39, 0.29) is 11.8 Å². The van der Waals surface area contributed by atoms with Gasteiger partial charge in [0.25, 0.3) is 0 Å². The summed E-state index contributed by atoms with van der Waals surface area (Å²) in [5.41, 5.74) is -2.72. The predicted molar refractivity (Wildman–Crippen MR) is 79.1 cm³/mol. The van der Waals surface area contributed by atoms with Crippen molar-refractivity contribution in [2.75, 3.05) is 5.88 Å². The van der Waals surface area contributed by atoms with Gasteiger partial charge >= 0.3 is 5.97 Å². The summed E-state index contributed by atoms with van der Waals surface area (Å²) in [5.74, 6) is -0.651. The number of aliphatic hydroxyl groups excluding tert-OH is 1. The van der Waals surface area contributed by atoms with E-state index in [2.05, 4.69) is 11.4 Å². The first-order chi connectivity index (χ1) is 10.5. The first-order valence-corrected chi connectivity index (χ1v) is 8.47. The molecule has 0 aromatic heterocycles. The third-order valence-corrected chi connectivity index (χ3v) is 6.66. The maximum Gasteiger partial charge on any atom is 0.337 e. The normalized spacial score (nSPS) is 49.6. The zero-order valence-corrected chi connectivity index (χ0v) is 13.2. The topological polar surface area (TPSA) is 75.6 Å². The van der Waals surface area contributed by atoms with Gasteiger partial charge < -0.3 is 15.2 Å². The molecule has 1 amide bonds. The minimum atomic E-state index is -1.04. The molecule has 4 rings (SSSR count). The Morgan fingerprint density at radius 1 is 1.55 bits per heavy atom. The Kier molecular flexibility index (Phi) is 2.81. The molecule has 2 aliphatic carbocycles. The summed E-state index contributed by atoms with van der Waals surface area (Å²) in [7, 11) is 0. The molecule has 2 heterocycles. The molecule has 1 spiro atoms. The number of ether oxygens (including phenoxy) is 1. The van der Waals surface area contributed by atoms with Crippen LogP contribution in [-0.4, -0.2) is 40.1 Å². The number of aliphatic hydroxyl groups is 1. The lowest BCUT2D eigenvalue weighted by Gasteiger charge is -2.41. The molecule has 5 nitrogen and oxygen atoms in total. The van der Waals surface area contributed by atoms with E-state index in [9.17, 15) is 14.7 Å². The summed E-state index contributed by atoms with van der Waals surface area (Å²) in [4.78, 5) is 24.4. The molecule has 0 bridgehead atoms. The van der Waals surface area contributed by atoms with Gasteiger partial charge in [-0.25, -0.2) is 4.79 Å². The first kappa shape index (κ1) is 14.5. The third-order valence-electron chi connectivity index (χ3n) is 6.44. The van der Waals surface area contributed by atoms with Crippen LogP contribution in [0.1, 0.15) is 32.6 Å². The molecular weight excluding hydrogens is 306 g/mol. The molecule has 2 N–H and O–H groups in total. The molecule has 1 saturated carbocycles. The highest BCUT2D eigenvalue weighted by molar-refractivity contribution is 6.18. The number of alkyl halides is 1. The van der Waals surface area contributed by atoms with Crippen LogP contribution in [-0.2, 0) is 14.3 Å². The lowest BCUT2D eigenvalue weighted by atomic mass is 9.79. The first-order valence-electron chi connectivity index (χ1n) is 7.93. The number of carbonyl (C=O) groups is 2. The van der Waals surface area contributed by atoms with E-state index in [1.165, 1.54) is 0 Å². The number of amides is 1. The lowest BCUT2D eigenvalue weighted by molar-refractivity contribution is -0.199. The molecule has 2 unspecified atom stereocenters. The fraction of sp³-hybridized carbons (Fsp3) is 0.750. The molecule has 6 heteroatoms. The summed E-state index contributed by atoms with van der Waals surface area (Å²) >= 11 is 5.84. The van der Waals surface area contributed by atoms with Gasteiger partial charge in [-0.1, -0.05) is 19.1 Å². The van der Waals surface area contributed by atoms with Crippen LogP contribution in [0.4, 0.5) is 0 Å². The van der Waals surface area contributed by atoms with Crippen LogP contribution in [0.2, 0.25) is 0 Å². The van der Waals surface area contributed by atoms with E-state index < -0.39 is 34.5 Å². The highest BCUT2D eigenvalue weighted by Crippen LogP contribution is 2.82. The Labute approximate surface area is 134 Å². The molecule has 2 aliphatic heterocycles. The van der Waals surface area contributed by atoms with Crippen molar-refractivity contribution in [1.29, 1.82) is 0 Å². The van der Waals surface area contributed by atoms with Crippen LogP contribution >= 0.6 is 11.6 Å². The average Bonchev–Trinajstić information content (AvgIpc) is 2.74. The van der Waals surface area contributed by atoms with Crippen LogP contribution in [0.5, 0.6) is 0 Å². The van der Waals surface area contributed by atoms with Gasteiger partial charge in [-0.15, -0.1) is 11.6 Å². The SMILES string of the molecule is C[C@@]12[C@@H](CCCl)C(=O)NC13C(=O)O[C@]32[C@@H](O)C1C=CCCC1. The molecule has 0 aromatic carbocycles. The number of piperidine rings is 1. The van der Waals surface area contributed by atoms with E-state index in [1.807, 2.05) is 13.0 Å². The van der Waals surface area contributed by atoms with Gasteiger partial charge in [-0.3, -0.25) is 4.79 Å². The fourth-order valence-electron chi connectivity index (χ4n) is 5.31. The van der Waals surface area contributed by atoms with Crippen molar-refractivity contribution < 1.29 is 19.4 Å². The number of hydrogen-bond donors (Lipinski definition) is 2. The maximum absolute atomic E-state index is 12.2. The number of esters is 1. The van der Waals surface area contributed by atoms with Gasteiger partial charge in [0.1, 0.15) is 6.10 Å². The van der Waals surface area contributed by atoms with Crippen LogP contribution in [0.3, 0.4) is 0 Å². The van der Waals surface area contributed by atoms with E-state index >= 15 is 0 Å². The van der Waals surface area contributed by atoms with Crippen molar-refractivity contribution in [1.82, 2.24) is 5.32 Å². The van der Waals surface area contributed by atoms with Crippen LogP contribution < -0.4 is 5.32 Å². The Hall–Kier alpha value is -1.07. The summed E-state index contributed by atoms with van der Waals surface area (Å²) in [6, 6.07) is 0. The molecule has 4 aliphatic rings. The summed E-state index contributed by atoms with van der Waals surface area (Å²) in [5, 5.41) is 13.8. The lowest BCUT2D eigenvalue weighted by Crippen LogP contribution is -2.65. The molecule has 0 aromatic rings. The minimum absolute atomic E-state index is 0.0327. The highest BCUT2D eigenvalue weighted by Gasteiger charge is 3.05. The third kappa shape index (κ3) is 1.21. The molecule has 2 saturated heterocycles. The Bertz CT molecular complexity index is 593. The van der Waals surface area contributed by atoms with E-state index in [1.54, 1.807) is 0 Å². The van der Waals surface area contributed by atoms with Crippen molar-refractivity contribution in [2.45, 2.75) is 49.9 Å². The van der Waals surface area contributed by atoms with Crippen LogP contribution in [0, 0.1) is 17.3 Å². The second-order valence-electron chi connectivity index (χ2n) is 7.06. The van der Waals surface area contributed by atoms with Gasteiger partial charge in [0.05, 0.1) is 11.3 Å². The molecule has 0 radical (unpaired) electrons. The zero-order valence-electron chi connectivity index (χ0n) is 12.5. The van der Waals surface area contributed by atoms with Crippen molar-refractivity contribution in [2.24, 2.45) is 17.3 Å². The van der Waals surface area contributed by atoms with Gasteiger partial charge in [0, 0.05) is 11.8 Å². The average molecular weight is 326 g/mol. The number of nitrogens with one attached hydrogen (secondary N) is 1. The molecule has 3 fully saturated rings. The standard InChI is InChI=1S/C16H20ClNO4/c1-14-10(7-8-17)12(20)18-15(14)13(21)22-16(14,15)11(19)9-5-3-2-4-6-9/h3,5,9-11,19H,2,4,6-8H2,1H3,(H,18,20)/t9?,10-,11-,14+,15?,16-/m0/s1. The van der Waals surface area contributed by atoms with Gasteiger partial charge in [0.15, 0.2) is 11.1 Å². The van der Waals surface area contributed by atoms with E-state index in [0.29, 0.717) is 12.3 Å². The summed E-state index contributed by atoms with van der Waals surface area (Å²) in [6.45, 7) is 1.88. The van der Waals surface area contributed by atoms with Crippen LogP contribution in [0.15, 0.2) is 12.2 Å². The van der Waals surface area contributed by atoms with Crippen LogP contribution in [0.25, 0.3) is 0 Å². The second kappa shape index (κ2) is 4.26.